The van der Waals surface area contributed by atoms with Crippen LogP contribution in [0, 0.1) is 10.1 Å². The first-order valence-electron chi connectivity index (χ1n) is 11.1. The van der Waals surface area contributed by atoms with Gasteiger partial charge in [0.2, 0.25) is 0 Å². The Labute approximate surface area is 191 Å². The van der Waals surface area contributed by atoms with Gasteiger partial charge in [-0.2, -0.15) is 0 Å². The Morgan fingerprint density at radius 3 is 2.42 bits per heavy atom. The van der Waals surface area contributed by atoms with Crippen molar-refractivity contribution in [3.05, 3.63) is 99.6 Å². The van der Waals surface area contributed by atoms with Gasteiger partial charge in [-0.1, -0.05) is 42.5 Å². The SMILES string of the molecule is O=C1Nc2ccc([N+](=O)[O-])cc2/C1=C(/Nc1ccc(CN2CCCC2)cc1)c1ccccc1. The Morgan fingerprint density at radius 2 is 1.73 bits per heavy atom. The number of fused-ring (bicyclic) bond motifs is 1. The lowest BCUT2D eigenvalue weighted by Crippen LogP contribution is -2.18. The minimum absolute atomic E-state index is 0.0542. The number of hydrogen-bond acceptors (Lipinski definition) is 5. The molecule has 166 valence electrons. The molecular formula is C26H24N4O3. The van der Waals surface area contributed by atoms with E-state index in [1.807, 2.05) is 42.5 Å². The maximum Gasteiger partial charge on any atom is 0.270 e. The van der Waals surface area contributed by atoms with E-state index in [2.05, 4.69) is 27.7 Å². The fourth-order valence-corrected chi connectivity index (χ4v) is 4.44. The predicted octanol–water partition coefficient (Wildman–Crippen LogP) is 5.12. The molecule has 2 heterocycles. The summed E-state index contributed by atoms with van der Waals surface area (Å²) in [5.74, 6) is -0.289. The number of carbonyl (C=O) groups excluding carboxylic acids is 1. The number of amides is 1. The van der Waals surface area contributed by atoms with Gasteiger partial charge in [-0.25, -0.2) is 0 Å². The highest BCUT2D eigenvalue weighted by atomic mass is 16.6. The van der Waals surface area contributed by atoms with Gasteiger partial charge in [-0.15, -0.1) is 0 Å². The van der Waals surface area contributed by atoms with Gasteiger partial charge >= 0.3 is 0 Å². The van der Waals surface area contributed by atoms with Crippen molar-refractivity contribution in [2.45, 2.75) is 19.4 Å². The number of non-ortho nitro benzene ring substituents is 1. The summed E-state index contributed by atoms with van der Waals surface area (Å²) >= 11 is 0. The van der Waals surface area contributed by atoms with Crippen molar-refractivity contribution < 1.29 is 9.72 Å². The minimum Gasteiger partial charge on any atom is -0.354 e. The molecule has 1 fully saturated rings. The zero-order valence-electron chi connectivity index (χ0n) is 18.1. The van der Waals surface area contributed by atoms with Crippen molar-refractivity contribution in [2.75, 3.05) is 23.7 Å². The van der Waals surface area contributed by atoms with E-state index in [0.717, 1.165) is 30.9 Å². The summed E-state index contributed by atoms with van der Waals surface area (Å²) in [5, 5.41) is 17.6. The zero-order valence-corrected chi connectivity index (χ0v) is 18.1. The van der Waals surface area contributed by atoms with Gasteiger partial charge in [0.1, 0.15) is 0 Å². The average Bonchev–Trinajstić information content (AvgIpc) is 3.45. The second-order valence-electron chi connectivity index (χ2n) is 8.36. The van der Waals surface area contributed by atoms with E-state index in [1.165, 1.54) is 30.5 Å². The topological polar surface area (TPSA) is 87.5 Å². The number of nitro benzene ring substituents is 1. The number of rotatable bonds is 6. The molecule has 0 aliphatic carbocycles. The molecular weight excluding hydrogens is 416 g/mol. The third-order valence-corrected chi connectivity index (χ3v) is 6.10. The number of anilines is 2. The van der Waals surface area contributed by atoms with Crippen molar-refractivity contribution >= 4 is 34.2 Å². The molecule has 1 amide bonds. The molecule has 0 atom stereocenters. The van der Waals surface area contributed by atoms with E-state index in [-0.39, 0.29) is 11.6 Å². The average molecular weight is 441 g/mol. The molecule has 1 saturated heterocycles. The van der Waals surface area contributed by atoms with Gasteiger partial charge in [-0.05, 0) is 55.3 Å². The van der Waals surface area contributed by atoms with Crippen LogP contribution in [0.1, 0.15) is 29.5 Å². The molecule has 0 saturated carbocycles. The van der Waals surface area contributed by atoms with Crippen molar-refractivity contribution in [3.8, 4) is 0 Å². The van der Waals surface area contributed by atoms with Crippen LogP contribution < -0.4 is 10.6 Å². The second-order valence-corrected chi connectivity index (χ2v) is 8.36. The highest BCUT2D eigenvalue weighted by Gasteiger charge is 2.30. The maximum atomic E-state index is 13.0. The molecule has 7 nitrogen and oxygen atoms in total. The molecule has 5 rings (SSSR count). The summed E-state index contributed by atoms with van der Waals surface area (Å²) < 4.78 is 0. The molecule has 0 radical (unpaired) electrons. The van der Waals surface area contributed by atoms with Crippen LogP contribution in [0.3, 0.4) is 0 Å². The number of nitrogens with zero attached hydrogens (tertiary/aromatic N) is 2. The molecule has 0 spiro atoms. The number of hydrogen-bond donors (Lipinski definition) is 2. The van der Waals surface area contributed by atoms with Crippen LogP contribution >= 0.6 is 0 Å². The Bertz CT molecular complexity index is 1230. The van der Waals surface area contributed by atoms with Gasteiger partial charge in [0.15, 0.2) is 0 Å². The molecule has 2 aliphatic rings. The van der Waals surface area contributed by atoms with Crippen LogP contribution in [0.5, 0.6) is 0 Å². The van der Waals surface area contributed by atoms with Crippen molar-refractivity contribution in [1.29, 1.82) is 0 Å². The first-order valence-corrected chi connectivity index (χ1v) is 11.1. The molecule has 3 aromatic rings. The van der Waals surface area contributed by atoms with Crippen molar-refractivity contribution in [3.63, 3.8) is 0 Å². The molecule has 33 heavy (non-hydrogen) atoms. The lowest BCUT2D eigenvalue weighted by Gasteiger charge is -2.17. The number of nitro groups is 1. The molecule has 0 bridgehead atoms. The van der Waals surface area contributed by atoms with Gasteiger partial charge in [-0.3, -0.25) is 19.8 Å². The Hall–Kier alpha value is -3.97. The number of carbonyl (C=O) groups is 1. The minimum atomic E-state index is -0.449. The molecule has 2 aliphatic heterocycles. The van der Waals surface area contributed by atoms with Crippen LogP contribution in [0.15, 0.2) is 72.8 Å². The van der Waals surface area contributed by atoms with Crippen LogP contribution in [0.4, 0.5) is 17.1 Å². The summed E-state index contributed by atoms with van der Waals surface area (Å²) in [7, 11) is 0. The zero-order chi connectivity index (χ0) is 22.8. The highest BCUT2D eigenvalue weighted by molar-refractivity contribution is 6.37. The van der Waals surface area contributed by atoms with Crippen molar-refractivity contribution in [1.82, 2.24) is 4.90 Å². The monoisotopic (exact) mass is 440 g/mol. The third kappa shape index (κ3) is 4.36. The van der Waals surface area contributed by atoms with Crippen molar-refractivity contribution in [2.24, 2.45) is 0 Å². The van der Waals surface area contributed by atoms with Gasteiger partial charge in [0.05, 0.1) is 16.2 Å². The Kier molecular flexibility index (Phi) is 5.62. The fraction of sp³-hybridized carbons (Fsp3) is 0.192. The number of benzene rings is 3. The Morgan fingerprint density at radius 1 is 1.00 bits per heavy atom. The van der Waals surface area contributed by atoms with E-state index in [9.17, 15) is 14.9 Å². The summed E-state index contributed by atoms with van der Waals surface area (Å²) in [6, 6.07) is 22.2. The van der Waals surface area contributed by atoms with E-state index < -0.39 is 4.92 Å². The summed E-state index contributed by atoms with van der Waals surface area (Å²) in [6.07, 6.45) is 2.52. The Balaban J connectivity index is 1.53. The summed E-state index contributed by atoms with van der Waals surface area (Å²) in [4.78, 5) is 26.3. The number of likely N-dealkylation sites (tertiary alicyclic amines) is 1. The van der Waals surface area contributed by atoms with Gasteiger partial charge in [0.25, 0.3) is 11.6 Å². The summed E-state index contributed by atoms with van der Waals surface area (Å²) in [6.45, 7) is 3.22. The maximum absolute atomic E-state index is 13.0. The first-order chi connectivity index (χ1) is 16.1. The normalized spacial score (nSPS) is 16.9. The second kappa shape index (κ2) is 8.88. The van der Waals surface area contributed by atoms with Gasteiger partial charge in [0, 0.05) is 35.6 Å². The largest absolute Gasteiger partial charge is 0.354 e. The molecule has 7 heteroatoms. The first kappa shape index (κ1) is 20.9. The predicted molar refractivity (Wildman–Crippen MR) is 130 cm³/mol. The van der Waals surface area contributed by atoms with E-state index in [1.54, 1.807) is 6.07 Å². The van der Waals surface area contributed by atoms with Crippen LogP contribution in [0.2, 0.25) is 0 Å². The van der Waals surface area contributed by atoms with Crippen LogP contribution in [-0.4, -0.2) is 28.8 Å². The standard InChI is InChI=1S/C26H24N4O3/c31-26-24(22-16-21(30(32)33)12-13-23(22)28-26)25(19-6-2-1-3-7-19)27-20-10-8-18(9-11-20)17-29-14-4-5-15-29/h1-3,6-13,16,27H,4-5,14-15,17H2,(H,28,31)/b25-24-. The van der Waals surface area contributed by atoms with E-state index >= 15 is 0 Å². The van der Waals surface area contributed by atoms with Crippen LogP contribution in [-0.2, 0) is 11.3 Å². The lowest BCUT2D eigenvalue weighted by atomic mass is 9.99. The molecule has 0 unspecified atom stereocenters. The third-order valence-electron chi connectivity index (χ3n) is 6.10. The molecule has 3 aromatic carbocycles. The molecule has 2 N–H and O–H groups in total. The quantitative estimate of drug-likeness (QED) is 0.315. The number of nitrogens with one attached hydrogen (secondary N) is 2. The summed E-state index contributed by atoms with van der Waals surface area (Å²) in [5.41, 5.74) is 4.95. The highest BCUT2D eigenvalue weighted by Crippen LogP contribution is 2.39. The van der Waals surface area contributed by atoms with Gasteiger partial charge < -0.3 is 10.6 Å². The molecule has 0 aromatic heterocycles. The van der Waals surface area contributed by atoms with E-state index in [4.69, 9.17) is 0 Å². The smallest absolute Gasteiger partial charge is 0.270 e. The van der Waals surface area contributed by atoms with Crippen LogP contribution in [0.25, 0.3) is 11.3 Å². The fourth-order valence-electron chi connectivity index (χ4n) is 4.44. The van der Waals surface area contributed by atoms with E-state index in [0.29, 0.717) is 22.5 Å². The lowest BCUT2D eigenvalue weighted by molar-refractivity contribution is -0.384.